The first kappa shape index (κ1) is 12.8. The van der Waals surface area contributed by atoms with E-state index < -0.39 is 17.0 Å². The van der Waals surface area contributed by atoms with Crippen molar-refractivity contribution in [3.8, 4) is 0 Å². The van der Waals surface area contributed by atoms with Crippen LogP contribution in [0, 0.1) is 0 Å². The number of rotatable bonds is 4. The number of nitrogens with zero attached hydrogens (tertiary/aromatic N) is 1. The van der Waals surface area contributed by atoms with Crippen molar-refractivity contribution in [2.45, 2.75) is 0 Å². The fourth-order valence-electron chi connectivity index (χ4n) is 1.10. The molecule has 6 nitrogen and oxygen atoms in total. The third kappa shape index (κ3) is 3.09. The van der Waals surface area contributed by atoms with Crippen LogP contribution in [0.3, 0.4) is 0 Å². The molecule has 0 aliphatic rings. The largest absolute Gasteiger partial charge is 0.478 e. The molecule has 0 aliphatic carbocycles. The van der Waals surface area contributed by atoms with Crippen molar-refractivity contribution < 1.29 is 22.6 Å². The molecule has 0 fully saturated rings. The molecule has 1 rings (SSSR count). The van der Waals surface area contributed by atoms with Gasteiger partial charge in [0.15, 0.2) is 0 Å². The summed E-state index contributed by atoms with van der Waals surface area (Å²) in [6.07, 6.45) is 0. The molecule has 1 aromatic carbocycles. The molecule has 0 aromatic heterocycles. The molecular weight excluding hydrogens is 258 g/mol. The predicted molar refractivity (Wildman–Crippen MR) is 58.2 cm³/mol. The Kier molecular flexibility index (Phi) is 4.11. The highest BCUT2D eigenvalue weighted by molar-refractivity contribution is 7.67. The second-order valence-corrected chi connectivity index (χ2v) is 3.82. The Labute approximate surface area is 98.1 Å². The Balaban J connectivity index is 3.16. The summed E-state index contributed by atoms with van der Waals surface area (Å²) < 4.78 is 25.0. The second kappa shape index (κ2) is 5.15. The van der Waals surface area contributed by atoms with Crippen molar-refractivity contribution >= 4 is 34.2 Å². The van der Waals surface area contributed by atoms with E-state index in [-0.39, 0.29) is 16.3 Å². The zero-order chi connectivity index (χ0) is 12.3. The number of halogens is 1. The van der Waals surface area contributed by atoms with E-state index in [0.29, 0.717) is 0 Å². The summed E-state index contributed by atoms with van der Waals surface area (Å²) in [7, 11) is -1.82. The first-order chi connectivity index (χ1) is 7.41. The maximum absolute atomic E-state index is 10.9. The van der Waals surface area contributed by atoms with Gasteiger partial charge in [0.1, 0.15) is 0 Å². The van der Waals surface area contributed by atoms with E-state index in [9.17, 15) is 13.2 Å². The minimum Gasteiger partial charge on any atom is -0.478 e. The number of carboxylic acid groups (broad SMARTS) is 1. The van der Waals surface area contributed by atoms with Crippen LogP contribution in [0.2, 0.25) is 5.02 Å². The first-order valence-corrected chi connectivity index (χ1v) is 5.48. The second-order valence-electron chi connectivity index (χ2n) is 2.77. The van der Waals surface area contributed by atoms with E-state index in [4.69, 9.17) is 16.7 Å². The summed E-state index contributed by atoms with van der Waals surface area (Å²) in [6.45, 7) is 0. The number of benzene rings is 1. The molecule has 0 heterocycles. The molecule has 0 atom stereocenters. The van der Waals surface area contributed by atoms with Crippen LogP contribution < -0.4 is 5.06 Å². The molecule has 0 unspecified atom stereocenters. The van der Waals surface area contributed by atoms with Crippen LogP contribution in [0.25, 0.3) is 0 Å². The summed E-state index contributed by atoms with van der Waals surface area (Å²) in [5.41, 5.74) is -0.0528. The smallest absolute Gasteiger partial charge is 0.337 e. The van der Waals surface area contributed by atoms with Crippen molar-refractivity contribution in [3.63, 3.8) is 0 Å². The highest BCUT2D eigenvalue weighted by atomic mass is 35.5. The minimum atomic E-state index is -3.10. The number of anilines is 1. The van der Waals surface area contributed by atoms with Crippen molar-refractivity contribution in [3.05, 3.63) is 28.8 Å². The van der Waals surface area contributed by atoms with E-state index in [1.807, 2.05) is 0 Å². The molecule has 16 heavy (non-hydrogen) atoms. The molecule has 0 aliphatic heterocycles. The molecule has 0 saturated heterocycles. The van der Waals surface area contributed by atoms with Crippen LogP contribution in [-0.4, -0.2) is 26.5 Å². The number of thiol groups is 1. The summed E-state index contributed by atoms with van der Waals surface area (Å²) in [6, 6.07) is 3.99. The average Bonchev–Trinajstić information content (AvgIpc) is 2.16. The zero-order valence-electron chi connectivity index (χ0n) is 8.08. The van der Waals surface area contributed by atoms with Gasteiger partial charge in [0.25, 0.3) is 11.0 Å². The Morgan fingerprint density at radius 1 is 1.50 bits per heavy atom. The van der Waals surface area contributed by atoms with Crippen LogP contribution in [-0.2, 0) is 15.3 Å². The number of hydrogen-bond donors (Lipinski definition) is 2. The Morgan fingerprint density at radius 2 is 2.12 bits per heavy atom. The zero-order valence-corrected chi connectivity index (χ0v) is 9.74. The Hall–Kier alpha value is -1.31. The Morgan fingerprint density at radius 3 is 2.62 bits per heavy atom. The minimum absolute atomic E-state index is 0.0936. The lowest BCUT2D eigenvalue weighted by molar-refractivity contribution is 0.0696. The van der Waals surface area contributed by atoms with Crippen LogP contribution in [0.4, 0.5) is 5.69 Å². The Bertz CT molecular complexity index is 479. The van der Waals surface area contributed by atoms with Crippen molar-refractivity contribution in [1.29, 1.82) is 0 Å². The number of hydrogen-bond acceptors (Lipinski definition) is 5. The van der Waals surface area contributed by atoms with Crippen molar-refractivity contribution in [2.24, 2.45) is 0 Å². The highest BCUT2D eigenvalue weighted by Gasteiger charge is 2.15. The van der Waals surface area contributed by atoms with Crippen LogP contribution in [0.1, 0.15) is 10.4 Å². The van der Waals surface area contributed by atoms with Gasteiger partial charge in [-0.1, -0.05) is 11.6 Å². The van der Waals surface area contributed by atoms with E-state index in [1.165, 1.54) is 25.2 Å². The molecule has 8 heteroatoms. The van der Waals surface area contributed by atoms with Gasteiger partial charge in [0.05, 0.1) is 11.3 Å². The molecule has 1 N–H and O–H groups in total. The van der Waals surface area contributed by atoms with Gasteiger partial charge in [0.2, 0.25) is 0 Å². The van der Waals surface area contributed by atoms with Gasteiger partial charge in [-0.05, 0) is 18.2 Å². The van der Waals surface area contributed by atoms with E-state index >= 15 is 0 Å². The van der Waals surface area contributed by atoms with Gasteiger partial charge in [-0.15, -0.1) is 0 Å². The highest BCUT2D eigenvalue weighted by Crippen LogP contribution is 2.23. The maximum Gasteiger partial charge on any atom is 0.337 e. The topological polar surface area (TPSA) is 83.9 Å². The van der Waals surface area contributed by atoms with Crippen LogP contribution in [0.15, 0.2) is 18.2 Å². The fourth-order valence-corrected chi connectivity index (χ4v) is 1.56. The van der Waals surface area contributed by atoms with Gasteiger partial charge in [-0.3, -0.25) is 0 Å². The molecule has 0 spiro atoms. The van der Waals surface area contributed by atoms with E-state index in [1.54, 1.807) is 0 Å². The number of hydroxylamine groups is 1. The normalized spacial score (nSPS) is 10.4. The lowest BCUT2D eigenvalue weighted by Crippen LogP contribution is -2.19. The van der Waals surface area contributed by atoms with E-state index in [2.05, 4.69) is 4.28 Å². The summed E-state index contributed by atoms with van der Waals surface area (Å²) >= 11 is 5.63. The molecule has 1 aromatic rings. The summed E-state index contributed by atoms with van der Waals surface area (Å²) in [5, 5.41) is 9.96. The molecule has 0 bridgehead atoms. The molecule has 0 radical (unpaired) electrons. The van der Waals surface area contributed by atoms with Gasteiger partial charge in [-0.25, -0.2) is 18.3 Å². The SMILES string of the molecule is CN(O[SH](=O)=O)c1ccc(Cl)cc1C(=O)O. The van der Waals surface area contributed by atoms with Gasteiger partial charge < -0.3 is 5.11 Å². The monoisotopic (exact) mass is 265 g/mol. The lowest BCUT2D eigenvalue weighted by atomic mass is 10.2. The van der Waals surface area contributed by atoms with Crippen molar-refractivity contribution in [1.82, 2.24) is 0 Å². The molecule has 88 valence electrons. The van der Waals surface area contributed by atoms with Crippen LogP contribution >= 0.6 is 11.6 Å². The van der Waals surface area contributed by atoms with Crippen molar-refractivity contribution in [2.75, 3.05) is 12.1 Å². The standard InChI is InChI=1S/C8H8ClNO5S/c1-10(15-16(13)14)7-3-2-5(9)4-6(7)8(11)12/h2-4,16H,1H3,(H,11,12). The third-order valence-corrected chi connectivity index (χ3v) is 2.33. The molecular formula is C8H8ClNO5S. The van der Waals surface area contributed by atoms with E-state index in [0.717, 1.165) is 5.06 Å². The van der Waals surface area contributed by atoms with Gasteiger partial charge >= 0.3 is 5.97 Å². The number of carbonyl (C=O) groups is 1. The third-order valence-electron chi connectivity index (χ3n) is 1.72. The average molecular weight is 266 g/mol. The molecule has 0 amide bonds. The predicted octanol–water partition coefficient (Wildman–Crippen LogP) is 0.932. The quantitative estimate of drug-likeness (QED) is 0.622. The maximum atomic E-state index is 10.9. The first-order valence-electron chi connectivity index (χ1n) is 4.01. The number of aromatic carboxylic acids is 1. The fraction of sp³-hybridized carbons (Fsp3) is 0.125. The summed E-state index contributed by atoms with van der Waals surface area (Å²) in [5.74, 6) is -1.23. The van der Waals surface area contributed by atoms with Gasteiger partial charge in [0, 0.05) is 12.1 Å². The summed E-state index contributed by atoms with van der Waals surface area (Å²) in [4.78, 5) is 10.9. The van der Waals surface area contributed by atoms with Gasteiger partial charge in [-0.2, -0.15) is 4.28 Å². The lowest BCUT2D eigenvalue weighted by Gasteiger charge is -2.16. The molecule has 0 saturated carbocycles. The van der Waals surface area contributed by atoms with Crippen LogP contribution in [0.5, 0.6) is 0 Å². The number of carboxylic acids is 1.